The fraction of sp³-hybridized carbons (Fsp3) is 0.700. The van der Waals surface area contributed by atoms with Crippen LogP contribution in [0.1, 0.15) is 26.2 Å². The summed E-state index contributed by atoms with van der Waals surface area (Å²) in [7, 11) is 0. The number of rotatable bonds is 6. The summed E-state index contributed by atoms with van der Waals surface area (Å²) in [4.78, 5) is 34.8. The van der Waals surface area contributed by atoms with Gasteiger partial charge < -0.3 is 0 Å². The van der Waals surface area contributed by atoms with Crippen molar-refractivity contribution >= 4 is 32.7 Å². The minimum atomic E-state index is -1.07. The molecule has 0 spiro atoms. The summed E-state index contributed by atoms with van der Waals surface area (Å²) < 4.78 is 0. The van der Waals surface area contributed by atoms with Crippen LogP contribution in [0.4, 0.5) is 0 Å². The van der Waals surface area contributed by atoms with Crippen LogP contribution >= 0.6 is 0 Å². The van der Waals surface area contributed by atoms with Crippen LogP contribution in [0.5, 0.6) is 0 Å². The van der Waals surface area contributed by atoms with Crippen molar-refractivity contribution in [2.24, 2.45) is 0 Å². The molecule has 0 aromatic carbocycles. The molecule has 1 atom stereocenters. The Morgan fingerprint density at radius 3 is 2.44 bits per heavy atom. The summed E-state index contributed by atoms with van der Waals surface area (Å²) in [5, 5.41) is 10.9. The standard InChI is InChI=1S/C10H15NO4Se/c1-2-16-6-5-7(10(14)15)11-8(12)3-4-9(11)13/h7H,2-6H2,1H3,(H,14,15). The molecule has 1 unspecified atom stereocenters. The molecule has 0 aliphatic carbocycles. The predicted octanol–water partition coefficient (Wildman–Crippen LogP) is 0.539. The number of imide groups is 1. The van der Waals surface area contributed by atoms with Crippen LogP contribution in [-0.2, 0) is 14.4 Å². The normalized spacial score (nSPS) is 17.9. The maximum atomic E-state index is 11.4. The van der Waals surface area contributed by atoms with Crippen LogP contribution in [-0.4, -0.2) is 48.8 Å². The zero-order valence-electron chi connectivity index (χ0n) is 9.14. The van der Waals surface area contributed by atoms with Gasteiger partial charge in [0.2, 0.25) is 0 Å². The summed E-state index contributed by atoms with van der Waals surface area (Å²) in [6.45, 7) is 2.04. The van der Waals surface area contributed by atoms with E-state index in [2.05, 4.69) is 0 Å². The Labute approximate surface area is 100 Å². The molecule has 6 heteroatoms. The van der Waals surface area contributed by atoms with E-state index >= 15 is 0 Å². The molecule has 1 N–H and O–H groups in total. The summed E-state index contributed by atoms with van der Waals surface area (Å²) >= 11 is 0.402. The van der Waals surface area contributed by atoms with Crippen LogP contribution in [0.15, 0.2) is 0 Å². The first-order valence-corrected chi connectivity index (χ1v) is 7.65. The van der Waals surface area contributed by atoms with E-state index in [0.717, 1.165) is 15.5 Å². The zero-order valence-corrected chi connectivity index (χ0v) is 10.9. The molecule has 0 aromatic heterocycles. The molecule has 5 nitrogen and oxygen atoms in total. The second-order valence-corrected chi connectivity index (χ2v) is 6.42. The minimum absolute atomic E-state index is 0.154. The van der Waals surface area contributed by atoms with Gasteiger partial charge >= 0.3 is 100.0 Å². The molecule has 0 aromatic rings. The third-order valence-electron chi connectivity index (χ3n) is 2.43. The number of hydrogen-bond acceptors (Lipinski definition) is 3. The molecule has 0 saturated carbocycles. The average molecular weight is 292 g/mol. The van der Waals surface area contributed by atoms with E-state index in [-0.39, 0.29) is 24.7 Å². The number of carboxylic acids is 1. The summed E-state index contributed by atoms with van der Waals surface area (Å²) in [5.74, 6) is -1.77. The van der Waals surface area contributed by atoms with E-state index in [1.54, 1.807) is 0 Å². The van der Waals surface area contributed by atoms with Gasteiger partial charge in [-0.2, -0.15) is 0 Å². The monoisotopic (exact) mass is 293 g/mol. The summed E-state index contributed by atoms with van der Waals surface area (Å²) in [6, 6.07) is -0.948. The van der Waals surface area contributed by atoms with Crippen LogP contribution < -0.4 is 0 Å². The summed E-state index contributed by atoms with van der Waals surface area (Å²) in [6.07, 6.45) is 0.698. The number of amides is 2. The third-order valence-corrected chi connectivity index (χ3v) is 4.38. The number of carbonyl (C=O) groups excluding carboxylic acids is 2. The Morgan fingerprint density at radius 2 is 2.00 bits per heavy atom. The fourth-order valence-corrected chi connectivity index (χ4v) is 3.07. The number of carbonyl (C=O) groups is 3. The van der Waals surface area contributed by atoms with Crippen LogP contribution in [0.3, 0.4) is 0 Å². The Kier molecular flexibility index (Phi) is 4.96. The Hall–Kier alpha value is -0.871. The van der Waals surface area contributed by atoms with Gasteiger partial charge in [0.25, 0.3) is 0 Å². The maximum absolute atomic E-state index is 11.4. The second kappa shape index (κ2) is 6.01. The fourth-order valence-electron chi connectivity index (χ4n) is 1.64. The van der Waals surface area contributed by atoms with Crippen molar-refractivity contribution in [3.63, 3.8) is 0 Å². The van der Waals surface area contributed by atoms with Gasteiger partial charge in [0, 0.05) is 0 Å². The SMILES string of the molecule is CC[Se]CCC(C(=O)O)N1C(=O)CCC1=O. The van der Waals surface area contributed by atoms with E-state index in [9.17, 15) is 14.4 Å². The number of nitrogens with zero attached hydrogens (tertiary/aromatic N) is 1. The van der Waals surface area contributed by atoms with Crippen molar-refractivity contribution in [2.45, 2.75) is 42.9 Å². The van der Waals surface area contributed by atoms with E-state index in [1.807, 2.05) is 6.92 Å². The van der Waals surface area contributed by atoms with E-state index in [4.69, 9.17) is 5.11 Å². The number of carboxylic acid groups (broad SMARTS) is 1. The topological polar surface area (TPSA) is 74.7 Å². The van der Waals surface area contributed by atoms with Gasteiger partial charge in [-0.1, -0.05) is 0 Å². The molecule has 1 aliphatic rings. The van der Waals surface area contributed by atoms with Crippen molar-refractivity contribution < 1.29 is 19.5 Å². The quantitative estimate of drug-likeness (QED) is 0.440. The Bertz CT molecular complexity index is 289. The molecule has 90 valence electrons. The zero-order chi connectivity index (χ0) is 12.1. The molecule has 1 rings (SSSR count). The van der Waals surface area contributed by atoms with Crippen LogP contribution in [0.2, 0.25) is 10.6 Å². The first-order valence-electron chi connectivity index (χ1n) is 5.23. The van der Waals surface area contributed by atoms with Gasteiger partial charge in [0.1, 0.15) is 0 Å². The Balaban J connectivity index is 2.65. The first kappa shape index (κ1) is 13.2. The van der Waals surface area contributed by atoms with E-state index < -0.39 is 12.0 Å². The molecule has 1 saturated heterocycles. The molecule has 1 heterocycles. The molecule has 1 aliphatic heterocycles. The first-order chi connectivity index (χ1) is 7.57. The molecule has 2 amide bonds. The van der Waals surface area contributed by atoms with Crippen molar-refractivity contribution in [2.75, 3.05) is 0 Å². The molecule has 1 fully saturated rings. The van der Waals surface area contributed by atoms with Gasteiger partial charge in [-0.3, -0.25) is 0 Å². The molecule has 16 heavy (non-hydrogen) atoms. The second-order valence-electron chi connectivity index (χ2n) is 3.50. The van der Waals surface area contributed by atoms with Crippen LogP contribution in [0.25, 0.3) is 0 Å². The van der Waals surface area contributed by atoms with E-state index in [1.165, 1.54) is 0 Å². The van der Waals surface area contributed by atoms with Crippen molar-refractivity contribution in [3.8, 4) is 0 Å². The molecule has 0 bridgehead atoms. The van der Waals surface area contributed by atoms with Gasteiger partial charge in [0.05, 0.1) is 0 Å². The van der Waals surface area contributed by atoms with Gasteiger partial charge in [-0.15, -0.1) is 0 Å². The van der Waals surface area contributed by atoms with Crippen molar-refractivity contribution in [1.29, 1.82) is 0 Å². The number of likely N-dealkylation sites (tertiary alicyclic amines) is 1. The molecular weight excluding hydrogens is 277 g/mol. The van der Waals surface area contributed by atoms with Crippen molar-refractivity contribution in [1.82, 2.24) is 4.90 Å². The predicted molar refractivity (Wildman–Crippen MR) is 58.2 cm³/mol. The van der Waals surface area contributed by atoms with Gasteiger partial charge in [-0.25, -0.2) is 0 Å². The number of aliphatic carboxylic acids is 1. The summed E-state index contributed by atoms with van der Waals surface area (Å²) in [5.41, 5.74) is 0. The van der Waals surface area contributed by atoms with E-state index in [0.29, 0.717) is 21.4 Å². The van der Waals surface area contributed by atoms with Gasteiger partial charge in [-0.05, 0) is 0 Å². The molecular formula is C10H15NO4Se. The Morgan fingerprint density at radius 1 is 1.44 bits per heavy atom. The average Bonchev–Trinajstić information content (AvgIpc) is 2.54. The van der Waals surface area contributed by atoms with Crippen molar-refractivity contribution in [3.05, 3.63) is 0 Å². The van der Waals surface area contributed by atoms with Crippen LogP contribution in [0, 0.1) is 0 Å². The number of hydrogen-bond donors (Lipinski definition) is 1. The third kappa shape index (κ3) is 3.06. The van der Waals surface area contributed by atoms with Gasteiger partial charge in [0.15, 0.2) is 0 Å². The molecule has 0 radical (unpaired) electrons.